The minimum absolute atomic E-state index is 0.212. The number of rotatable bonds is 7. The van der Waals surface area contributed by atoms with Gasteiger partial charge in [0.05, 0.1) is 10.9 Å². The number of fused-ring (bicyclic) bond motifs is 1. The molecule has 2 atom stereocenters. The first-order valence-corrected chi connectivity index (χ1v) is 9.23. The van der Waals surface area contributed by atoms with Crippen LogP contribution in [-0.2, 0) is 4.79 Å². The number of amides is 2. The predicted octanol–water partition coefficient (Wildman–Crippen LogP) is 1.41. The lowest BCUT2D eigenvalue weighted by Crippen LogP contribution is -2.42. The summed E-state index contributed by atoms with van der Waals surface area (Å²) in [6.07, 6.45) is 7.08. The van der Waals surface area contributed by atoms with Gasteiger partial charge in [-0.25, -0.2) is 9.97 Å². The maximum absolute atomic E-state index is 12.0. The monoisotopic (exact) mass is 356 g/mol. The van der Waals surface area contributed by atoms with E-state index >= 15 is 0 Å². The molecule has 0 bridgehead atoms. The van der Waals surface area contributed by atoms with E-state index in [2.05, 4.69) is 32.5 Å². The maximum atomic E-state index is 12.0. The van der Waals surface area contributed by atoms with Crippen LogP contribution in [0.1, 0.15) is 43.0 Å². The number of hydrogen-bond donors (Lipinski definition) is 4. The molecule has 0 saturated heterocycles. The average Bonchev–Trinajstić information content (AvgIpc) is 3.25. The van der Waals surface area contributed by atoms with Crippen LogP contribution in [0.2, 0.25) is 0 Å². The van der Waals surface area contributed by atoms with Crippen LogP contribution in [0.15, 0.2) is 12.5 Å². The van der Waals surface area contributed by atoms with Crippen molar-refractivity contribution in [3.05, 3.63) is 18.1 Å². The highest BCUT2D eigenvalue weighted by Crippen LogP contribution is 2.41. The van der Waals surface area contributed by atoms with Gasteiger partial charge in [0, 0.05) is 24.7 Å². The van der Waals surface area contributed by atoms with Crippen molar-refractivity contribution in [2.75, 3.05) is 11.9 Å². The van der Waals surface area contributed by atoms with Crippen molar-refractivity contribution < 1.29 is 9.59 Å². The van der Waals surface area contributed by atoms with Crippen LogP contribution in [0.3, 0.4) is 0 Å². The Hall–Kier alpha value is -2.64. The Morgan fingerprint density at radius 3 is 2.81 bits per heavy atom. The molecule has 8 nitrogen and oxygen atoms in total. The largest absolute Gasteiger partial charge is 0.367 e. The molecule has 0 aromatic carbocycles. The van der Waals surface area contributed by atoms with Gasteiger partial charge in [-0.05, 0) is 31.1 Å². The molecule has 2 aromatic rings. The Kier molecular flexibility index (Phi) is 4.26. The normalized spacial score (nSPS) is 27.0. The first-order chi connectivity index (χ1) is 12.6. The van der Waals surface area contributed by atoms with Crippen molar-refractivity contribution in [2.24, 2.45) is 23.5 Å². The summed E-state index contributed by atoms with van der Waals surface area (Å²) in [5.41, 5.74) is 6.41. The van der Waals surface area contributed by atoms with Crippen LogP contribution >= 0.6 is 0 Å². The summed E-state index contributed by atoms with van der Waals surface area (Å²) in [5.74, 6) is 1.64. The Balaban J connectivity index is 1.30. The van der Waals surface area contributed by atoms with Gasteiger partial charge < -0.3 is 21.4 Å². The lowest BCUT2D eigenvalue weighted by molar-refractivity contribution is -0.123. The van der Waals surface area contributed by atoms with Gasteiger partial charge in [-0.3, -0.25) is 9.59 Å². The fraction of sp³-hybridized carbons (Fsp3) is 0.556. The molecule has 2 aromatic heterocycles. The van der Waals surface area contributed by atoms with Crippen molar-refractivity contribution in [1.29, 1.82) is 0 Å². The van der Waals surface area contributed by atoms with E-state index in [1.54, 1.807) is 6.20 Å². The molecule has 138 valence electrons. The minimum atomic E-state index is -0.506. The van der Waals surface area contributed by atoms with Crippen LogP contribution in [0.25, 0.3) is 11.0 Å². The van der Waals surface area contributed by atoms with Crippen molar-refractivity contribution in [3.63, 3.8) is 0 Å². The van der Waals surface area contributed by atoms with Crippen molar-refractivity contribution in [3.8, 4) is 0 Å². The van der Waals surface area contributed by atoms with E-state index in [-0.39, 0.29) is 17.9 Å². The number of hydrogen-bond acceptors (Lipinski definition) is 5. The summed E-state index contributed by atoms with van der Waals surface area (Å²) in [7, 11) is 0. The molecule has 5 N–H and O–H groups in total. The SMILES string of the molecule is CC[C@@H]1C[C@H]1C(=O)NCC1CC(Nc2ncnc3[nH]cc(C(N)=O)c23)C1. The summed E-state index contributed by atoms with van der Waals surface area (Å²) in [5, 5.41) is 7.10. The van der Waals surface area contributed by atoms with E-state index < -0.39 is 5.91 Å². The van der Waals surface area contributed by atoms with Gasteiger partial charge in [0.15, 0.2) is 0 Å². The number of primary amides is 1. The van der Waals surface area contributed by atoms with Gasteiger partial charge in [0.2, 0.25) is 5.91 Å². The van der Waals surface area contributed by atoms with E-state index in [1.807, 2.05) is 0 Å². The molecule has 0 aliphatic heterocycles. The summed E-state index contributed by atoms with van der Waals surface area (Å²) >= 11 is 0. The molecule has 8 heteroatoms. The zero-order valence-electron chi connectivity index (χ0n) is 14.8. The number of carbonyl (C=O) groups excluding carboxylic acids is 2. The number of aromatic amines is 1. The second-order valence-electron chi connectivity index (χ2n) is 7.45. The van der Waals surface area contributed by atoms with Gasteiger partial charge in [0.1, 0.15) is 17.8 Å². The third-order valence-electron chi connectivity index (χ3n) is 5.66. The van der Waals surface area contributed by atoms with Crippen molar-refractivity contribution in [1.82, 2.24) is 20.3 Å². The van der Waals surface area contributed by atoms with Gasteiger partial charge in [-0.2, -0.15) is 0 Å². The van der Waals surface area contributed by atoms with Crippen LogP contribution in [0.5, 0.6) is 0 Å². The molecule has 0 radical (unpaired) electrons. The van der Waals surface area contributed by atoms with Crippen LogP contribution in [-0.4, -0.2) is 39.4 Å². The zero-order chi connectivity index (χ0) is 18.3. The molecule has 0 spiro atoms. The molecule has 2 aliphatic carbocycles. The summed E-state index contributed by atoms with van der Waals surface area (Å²) in [6, 6.07) is 0.273. The predicted molar refractivity (Wildman–Crippen MR) is 97.4 cm³/mol. The lowest BCUT2D eigenvalue weighted by atomic mass is 9.80. The van der Waals surface area contributed by atoms with Crippen LogP contribution < -0.4 is 16.4 Å². The van der Waals surface area contributed by atoms with Crippen molar-refractivity contribution >= 4 is 28.7 Å². The molecule has 2 amide bonds. The van der Waals surface area contributed by atoms with Gasteiger partial charge in [0.25, 0.3) is 5.91 Å². The maximum Gasteiger partial charge on any atom is 0.251 e. The van der Waals surface area contributed by atoms with E-state index in [4.69, 9.17) is 5.73 Å². The number of H-pyrrole nitrogens is 1. The molecule has 4 rings (SSSR count). The van der Waals surface area contributed by atoms with Gasteiger partial charge in [-0.1, -0.05) is 13.3 Å². The molecule has 2 heterocycles. The highest BCUT2D eigenvalue weighted by molar-refractivity contribution is 6.08. The first-order valence-electron chi connectivity index (χ1n) is 9.23. The van der Waals surface area contributed by atoms with Crippen LogP contribution in [0.4, 0.5) is 5.82 Å². The topological polar surface area (TPSA) is 126 Å². The molecule has 26 heavy (non-hydrogen) atoms. The third kappa shape index (κ3) is 3.11. The quantitative estimate of drug-likeness (QED) is 0.597. The molecular formula is C18H24N6O2. The summed E-state index contributed by atoms with van der Waals surface area (Å²) in [4.78, 5) is 35.0. The van der Waals surface area contributed by atoms with Gasteiger partial charge in [-0.15, -0.1) is 0 Å². The number of carbonyl (C=O) groups is 2. The second kappa shape index (κ2) is 6.59. The summed E-state index contributed by atoms with van der Waals surface area (Å²) in [6.45, 7) is 2.87. The Morgan fingerprint density at radius 2 is 2.12 bits per heavy atom. The van der Waals surface area contributed by atoms with E-state index in [0.29, 0.717) is 34.3 Å². The number of nitrogens with zero attached hydrogens (tertiary/aromatic N) is 2. The number of nitrogens with one attached hydrogen (secondary N) is 3. The highest BCUT2D eigenvalue weighted by Gasteiger charge is 2.41. The molecular weight excluding hydrogens is 332 g/mol. The van der Waals surface area contributed by atoms with Crippen molar-refractivity contribution in [2.45, 2.75) is 38.6 Å². The molecule has 2 saturated carbocycles. The van der Waals surface area contributed by atoms with E-state index in [0.717, 1.165) is 32.2 Å². The van der Waals surface area contributed by atoms with E-state index in [9.17, 15) is 9.59 Å². The third-order valence-corrected chi connectivity index (χ3v) is 5.66. The smallest absolute Gasteiger partial charge is 0.251 e. The van der Waals surface area contributed by atoms with E-state index in [1.165, 1.54) is 6.33 Å². The van der Waals surface area contributed by atoms with Crippen LogP contribution in [0, 0.1) is 17.8 Å². The standard InChI is InChI=1S/C18H24N6O2/c1-2-10-5-12(10)18(26)21-6-9-3-11(4-9)24-17-14-13(15(19)25)7-20-16(14)22-8-23-17/h7-12H,2-6H2,1H3,(H2,19,25)(H,21,26)(H2,20,22,23,24)/t9?,10-,11?,12-/m1/s1. The number of anilines is 1. The fourth-order valence-electron chi connectivity index (χ4n) is 3.88. The highest BCUT2D eigenvalue weighted by atomic mass is 16.2. The summed E-state index contributed by atoms with van der Waals surface area (Å²) < 4.78 is 0. The molecule has 2 fully saturated rings. The zero-order valence-corrected chi connectivity index (χ0v) is 14.8. The second-order valence-corrected chi connectivity index (χ2v) is 7.45. The number of aromatic nitrogens is 3. The lowest BCUT2D eigenvalue weighted by Gasteiger charge is -2.36. The Bertz CT molecular complexity index is 841. The number of nitrogens with two attached hydrogens (primary N) is 1. The fourth-order valence-corrected chi connectivity index (χ4v) is 3.88. The Morgan fingerprint density at radius 1 is 1.31 bits per heavy atom. The molecule has 2 aliphatic rings. The molecule has 0 unspecified atom stereocenters. The minimum Gasteiger partial charge on any atom is -0.367 e. The first kappa shape index (κ1) is 16.8. The Labute approximate surface area is 151 Å². The average molecular weight is 356 g/mol. The van der Waals surface area contributed by atoms with Gasteiger partial charge >= 0.3 is 0 Å².